The highest BCUT2D eigenvalue weighted by Gasteiger charge is 2.29. The van der Waals surface area contributed by atoms with Gasteiger partial charge in [-0.25, -0.2) is 0 Å². The molecule has 6 heteroatoms. The maximum Gasteiger partial charge on any atom is 0.231 e. The summed E-state index contributed by atoms with van der Waals surface area (Å²) in [6, 6.07) is 5.78. The molecule has 1 amide bonds. The molecule has 6 nitrogen and oxygen atoms in total. The average Bonchev–Trinajstić information content (AvgIpc) is 3.04. The van der Waals surface area contributed by atoms with Gasteiger partial charge in [-0.15, -0.1) is 0 Å². The highest BCUT2D eigenvalue weighted by molar-refractivity contribution is 5.94. The Morgan fingerprint density at radius 1 is 1.26 bits per heavy atom. The number of carbonyl (C=O) groups is 1. The molecule has 0 saturated carbocycles. The largest absolute Gasteiger partial charge is 0.454 e. The Balaban J connectivity index is 1.79. The van der Waals surface area contributed by atoms with Crippen molar-refractivity contribution in [2.45, 2.75) is 12.3 Å². The molecule has 0 bridgehead atoms. The number of rotatable bonds is 1. The first-order chi connectivity index (χ1) is 9.31. The molecule has 1 aromatic carbocycles. The van der Waals surface area contributed by atoms with E-state index in [0.29, 0.717) is 12.2 Å². The van der Waals surface area contributed by atoms with Crippen LogP contribution in [-0.2, 0) is 4.79 Å². The molecule has 0 saturated heterocycles. The Morgan fingerprint density at radius 3 is 3.11 bits per heavy atom. The molecule has 2 N–H and O–H groups in total. The van der Waals surface area contributed by atoms with Crippen LogP contribution in [0.1, 0.15) is 23.5 Å². The lowest BCUT2D eigenvalue weighted by molar-refractivity contribution is -0.116. The van der Waals surface area contributed by atoms with Crippen LogP contribution in [-0.4, -0.2) is 22.9 Å². The van der Waals surface area contributed by atoms with Crippen molar-refractivity contribution in [2.75, 3.05) is 12.1 Å². The van der Waals surface area contributed by atoms with Crippen LogP contribution in [0.3, 0.4) is 0 Å². The molecule has 0 aliphatic carbocycles. The number of benzene rings is 1. The van der Waals surface area contributed by atoms with Crippen LogP contribution in [0.15, 0.2) is 24.4 Å². The van der Waals surface area contributed by atoms with Gasteiger partial charge in [-0.1, -0.05) is 6.07 Å². The minimum Gasteiger partial charge on any atom is -0.454 e. The Morgan fingerprint density at radius 2 is 2.16 bits per heavy atom. The predicted octanol–water partition coefficient (Wildman–Crippen LogP) is 1.61. The van der Waals surface area contributed by atoms with Crippen molar-refractivity contribution in [1.82, 2.24) is 10.2 Å². The van der Waals surface area contributed by atoms with Crippen molar-refractivity contribution in [3.63, 3.8) is 0 Å². The summed E-state index contributed by atoms with van der Waals surface area (Å²) in [5.41, 5.74) is 2.03. The standard InChI is InChI=1S/C13H11N3O3/c17-12-4-8(9-5-14-16-13(9)15-12)7-1-2-10-11(3-7)19-6-18-10/h1-3,5,8H,4,6H2,(H2,14,15,16,17)/t8-/m1/s1. The number of ether oxygens (including phenoxy) is 2. The molecule has 96 valence electrons. The summed E-state index contributed by atoms with van der Waals surface area (Å²) in [5.74, 6) is 2.14. The Kier molecular flexibility index (Phi) is 2.05. The van der Waals surface area contributed by atoms with Gasteiger partial charge in [0.05, 0.1) is 6.20 Å². The van der Waals surface area contributed by atoms with Crippen LogP contribution in [0.25, 0.3) is 0 Å². The van der Waals surface area contributed by atoms with Crippen molar-refractivity contribution >= 4 is 11.7 Å². The van der Waals surface area contributed by atoms with Crippen LogP contribution in [0.5, 0.6) is 11.5 Å². The van der Waals surface area contributed by atoms with Crippen molar-refractivity contribution in [3.05, 3.63) is 35.5 Å². The number of fused-ring (bicyclic) bond motifs is 2. The zero-order valence-corrected chi connectivity index (χ0v) is 9.97. The van der Waals surface area contributed by atoms with E-state index >= 15 is 0 Å². The third kappa shape index (κ3) is 1.56. The lowest BCUT2D eigenvalue weighted by Crippen LogP contribution is -2.22. The van der Waals surface area contributed by atoms with Crippen LogP contribution in [0.4, 0.5) is 5.82 Å². The Bertz CT molecular complexity index is 665. The van der Waals surface area contributed by atoms with Gasteiger partial charge in [-0.2, -0.15) is 5.10 Å². The van der Waals surface area contributed by atoms with Crippen LogP contribution >= 0.6 is 0 Å². The fourth-order valence-corrected chi connectivity index (χ4v) is 2.57. The second-order valence-electron chi connectivity index (χ2n) is 4.62. The molecule has 0 spiro atoms. The number of hydrogen-bond donors (Lipinski definition) is 2. The molecule has 2 aromatic rings. The lowest BCUT2D eigenvalue weighted by atomic mass is 9.87. The van der Waals surface area contributed by atoms with Gasteiger partial charge in [0.1, 0.15) is 5.82 Å². The number of amides is 1. The summed E-state index contributed by atoms with van der Waals surface area (Å²) in [6.45, 7) is 0.251. The van der Waals surface area contributed by atoms with Crippen LogP contribution in [0.2, 0.25) is 0 Å². The topological polar surface area (TPSA) is 76.2 Å². The van der Waals surface area contributed by atoms with E-state index in [-0.39, 0.29) is 18.6 Å². The fourth-order valence-electron chi connectivity index (χ4n) is 2.57. The second kappa shape index (κ2) is 3.74. The molecular formula is C13H11N3O3. The number of nitrogens with zero attached hydrogens (tertiary/aromatic N) is 1. The summed E-state index contributed by atoms with van der Waals surface area (Å²) in [5, 5.41) is 9.57. The molecule has 0 unspecified atom stereocenters. The minimum atomic E-state index is -0.0144. The van der Waals surface area contributed by atoms with Gasteiger partial charge in [-0.3, -0.25) is 9.89 Å². The number of carbonyl (C=O) groups excluding carboxylic acids is 1. The molecule has 0 fully saturated rings. The van der Waals surface area contributed by atoms with Crippen molar-refractivity contribution in [1.29, 1.82) is 0 Å². The molecule has 3 heterocycles. The van der Waals surface area contributed by atoms with Gasteiger partial charge in [0.25, 0.3) is 0 Å². The van der Waals surface area contributed by atoms with E-state index in [9.17, 15) is 4.79 Å². The first-order valence-electron chi connectivity index (χ1n) is 6.04. The number of hydrogen-bond acceptors (Lipinski definition) is 4. The summed E-state index contributed by atoms with van der Waals surface area (Å²) in [6.07, 6.45) is 2.16. The van der Waals surface area contributed by atoms with Gasteiger partial charge in [0, 0.05) is 17.9 Å². The van der Waals surface area contributed by atoms with E-state index < -0.39 is 0 Å². The van der Waals surface area contributed by atoms with Gasteiger partial charge < -0.3 is 14.8 Å². The van der Waals surface area contributed by atoms with E-state index in [2.05, 4.69) is 15.5 Å². The fraction of sp³-hybridized carbons (Fsp3) is 0.231. The number of aromatic amines is 1. The maximum absolute atomic E-state index is 11.7. The number of nitrogens with one attached hydrogen (secondary N) is 2. The molecular weight excluding hydrogens is 246 g/mol. The van der Waals surface area contributed by atoms with Crippen molar-refractivity contribution in [3.8, 4) is 11.5 Å². The predicted molar refractivity (Wildman–Crippen MR) is 66.2 cm³/mol. The third-order valence-electron chi connectivity index (χ3n) is 3.50. The van der Waals surface area contributed by atoms with Crippen LogP contribution in [0, 0.1) is 0 Å². The normalized spacial score (nSPS) is 20.0. The minimum absolute atomic E-state index is 0.00278. The van der Waals surface area contributed by atoms with E-state index in [1.54, 1.807) is 6.20 Å². The first kappa shape index (κ1) is 10.4. The molecule has 19 heavy (non-hydrogen) atoms. The summed E-state index contributed by atoms with van der Waals surface area (Å²) in [4.78, 5) is 11.7. The smallest absolute Gasteiger partial charge is 0.231 e. The molecule has 2 aliphatic heterocycles. The zero-order valence-electron chi connectivity index (χ0n) is 9.97. The van der Waals surface area contributed by atoms with Crippen molar-refractivity contribution in [2.24, 2.45) is 0 Å². The van der Waals surface area contributed by atoms with E-state index in [0.717, 1.165) is 22.6 Å². The molecule has 1 atom stereocenters. The van der Waals surface area contributed by atoms with Crippen LogP contribution < -0.4 is 14.8 Å². The molecule has 4 rings (SSSR count). The van der Waals surface area contributed by atoms with E-state index in [1.807, 2.05) is 18.2 Å². The summed E-state index contributed by atoms with van der Waals surface area (Å²) < 4.78 is 10.7. The molecule has 0 radical (unpaired) electrons. The lowest BCUT2D eigenvalue weighted by Gasteiger charge is -2.22. The molecule has 2 aliphatic rings. The number of anilines is 1. The summed E-state index contributed by atoms with van der Waals surface area (Å²) >= 11 is 0. The average molecular weight is 257 g/mol. The highest BCUT2D eigenvalue weighted by Crippen LogP contribution is 2.40. The number of H-pyrrole nitrogens is 1. The van der Waals surface area contributed by atoms with Gasteiger partial charge in [-0.05, 0) is 17.7 Å². The summed E-state index contributed by atoms with van der Waals surface area (Å²) in [7, 11) is 0. The Hall–Kier alpha value is -2.50. The second-order valence-corrected chi connectivity index (χ2v) is 4.62. The van der Waals surface area contributed by atoms with E-state index in [1.165, 1.54) is 0 Å². The Labute approximate surface area is 108 Å². The zero-order chi connectivity index (χ0) is 12.8. The SMILES string of the molecule is O=C1C[C@H](c2ccc3c(c2)OCO3)c2cn[nH]c2N1. The van der Waals surface area contributed by atoms with Gasteiger partial charge in [0.15, 0.2) is 11.5 Å². The number of aromatic nitrogens is 2. The third-order valence-corrected chi connectivity index (χ3v) is 3.50. The van der Waals surface area contributed by atoms with Gasteiger partial charge >= 0.3 is 0 Å². The quantitative estimate of drug-likeness (QED) is 0.813. The van der Waals surface area contributed by atoms with Gasteiger partial charge in [0.2, 0.25) is 12.7 Å². The first-order valence-corrected chi connectivity index (χ1v) is 6.04. The van der Waals surface area contributed by atoms with E-state index in [4.69, 9.17) is 9.47 Å². The van der Waals surface area contributed by atoms with Crippen molar-refractivity contribution < 1.29 is 14.3 Å². The monoisotopic (exact) mass is 257 g/mol. The highest BCUT2D eigenvalue weighted by atomic mass is 16.7. The molecule has 1 aromatic heterocycles. The maximum atomic E-state index is 11.7.